The maximum Gasteiger partial charge on any atom is 0.0354 e. The van der Waals surface area contributed by atoms with Crippen LogP contribution in [0.1, 0.15) is 43.4 Å². The molecule has 1 N–H and O–H groups in total. The van der Waals surface area contributed by atoms with Crippen LogP contribution in [0.2, 0.25) is 0 Å². The van der Waals surface area contributed by atoms with Gasteiger partial charge in [0, 0.05) is 18.6 Å². The fourth-order valence-electron chi connectivity index (χ4n) is 3.73. The van der Waals surface area contributed by atoms with Crippen LogP contribution in [0.25, 0.3) is 0 Å². The summed E-state index contributed by atoms with van der Waals surface area (Å²) in [6.45, 7) is 5.85. The normalized spacial score (nSPS) is 27.4. The maximum atomic E-state index is 3.51. The van der Waals surface area contributed by atoms with E-state index in [9.17, 15) is 0 Å². The Morgan fingerprint density at radius 2 is 2.17 bits per heavy atom. The molecule has 1 saturated heterocycles. The molecule has 0 aromatic heterocycles. The molecule has 1 aromatic rings. The zero-order valence-electron chi connectivity index (χ0n) is 11.4. The predicted molar refractivity (Wildman–Crippen MR) is 75.8 cm³/mol. The molecular formula is C16H24N2. The molecule has 2 unspecified atom stereocenters. The minimum absolute atomic E-state index is 0.657. The Morgan fingerprint density at radius 1 is 1.28 bits per heavy atom. The van der Waals surface area contributed by atoms with Gasteiger partial charge >= 0.3 is 0 Å². The third kappa shape index (κ3) is 2.19. The van der Waals surface area contributed by atoms with Crippen LogP contribution >= 0.6 is 0 Å². The van der Waals surface area contributed by atoms with Gasteiger partial charge in [0.25, 0.3) is 0 Å². The van der Waals surface area contributed by atoms with Crippen molar-refractivity contribution >= 4 is 0 Å². The van der Waals surface area contributed by atoms with Gasteiger partial charge in [-0.25, -0.2) is 0 Å². The molecule has 3 rings (SSSR count). The van der Waals surface area contributed by atoms with E-state index in [-0.39, 0.29) is 0 Å². The average Bonchev–Trinajstić information content (AvgIpc) is 2.94. The lowest BCUT2D eigenvalue weighted by Gasteiger charge is -2.38. The molecule has 1 aromatic carbocycles. The SMILES string of the molecule is CCN(C1CCNC1)C1CCCc2ccccc21. The van der Waals surface area contributed by atoms with Gasteiger partial charge in [-0.05, 0) is 49.9 Å². The lowest BCUT2D eigenvalue weighted by molar-refractivity contribution is 0.136. The summed E-state index contributed by atoms with van der Waals surface area (Å²) < 4.78 is 0. The van der Waals surface area contributed by atoms with Crippen molar-refractivity contribution < 1.29 is 0 Å². The molecule has 0 amide bonds. The maximum absolute atomic E-state index is 3.51. The smallest absolute Gasteiger partial charge is 0.0354 e. The first kappa shape index (κ1) is 12.2. The van der Waals surface area contributed by atoms with E-state index in [1.54, 1.807) is 11.1 Å². The molecular weight excluding hydrogens is 220 g/mol. The van der Waals surface area contributed by atoms with E-state index in [0.29, 0.717) is 6.04 Å². The standard InChI is InChI=1S/C16H24N2/c1-2-18(14-10-11-17-12-14)16-9-5-7-13-6-3-4-8-15(13)16/h3-4,6,8,14,16-17H,2,5,7,9-12H2,1H3. The van der Waals surface area contributed by atoms with E-state index < -0.39 is 0 Å². The van der Waals surface area contributed by atoms with Crippen molar-refractivity contribution in [2.75, 3.05) is 19.6 Å². The molecule has 2 atom stereocenters. The van der Waals surface area contributed by atoms with Crippen LogP contribution in [-0.2, 0) is 6.42 Å². The molecule has 1 aliphatic heterocycles. The highest BCUT2D eigenvalue weighted by Crippen LogP contribution is 2.35. The number of hydrogen-bond acceptors (Lipinski definition) is 2. The minimum Gasteiger partial charge on any atom is -0.315 e. The second-order valence-corrected chi connectivity index (χ2v) is 5.58. The van der Waals surface area contributed by atoms with E-state index in [1.165, 1.54) is 45.3 Å². The first-order valence-electron chi connectivity index (χ1n) is 7.44. The van der Waals surface area contributed by atoms with Gasteiger partial charge in [0.1, 0.15) is 0 Å². The molecule has 0 bridgehead atoms. The monoisotopic (exact) mass is 244 g/mol. The van der Waals surface area contributed by atoms with Crippen molar-refractivity contribution in [3.8, 4) is 0 Å². The van der Waals surface area contributed by atoms with Crippen LogP contribution in [0.3, 0.4) is 0 Å². The van der Waals surface area contributed by atoms with Crippen molar-refractivity contribution in [3.63, 3.8) is 0 Å². The number of benzene rings is 1. The van der Waals surface area contributed by atoms with Crippen LogP contribution in [0.15, 0.2) is 24.3 Å². The molecule has 0 spiro atoms. The molecule has 0 radical (unpaired) electrons. The van der Waals surface area contributed by atoms with Gasteiger partial charge in [-0.15, -0.1) is 0 Å². The Labute approximate surface area is 110 Å². The van der Waals surface area contributed by atoms with E-state index in [0.717, 1.165) is 6.04 Å². The Balaban J connectivity index is 1.87. The van der Waals surface area contributed by atoms with Crippen molar-refractivity contribution in [1.29, 1.82) is 0 Å². The number of likely N-dealkylation sites (N-methyl/N-ethyl adjacent to an activating group) is 1. The summed E-state index contributed by atoms with van der Waals surface area (Å²) in [7, 11) is 0. The van der Waals surface area contributed by atoms with Gasteiger partial charge in [-0.1, -0.05) is 31.2 Å². The summed E-state index contributed by atoms with van der Waals surface area (Å²) in [6, 6.07) is 10.5. The first-order valence-corrected chi connectivity index (χ1v) is 7.44. The molecule has 2 heteroatoms. The molecule has 18 heavy (non-hydrogen) atoms. The lowest BCUT2D eigenvalue weighted by atomic mass is 9.86. The zero-order valence-corrected chi connectivity index (χ0v) is 11.4. The topological polar surface area (TPSA) is 15.3 Å². The number of fused-ring (bicyclic) bond motifs is 1. The summed E-state index contributed by atoms with van der Waals surface area (Å²) in [5, 5.41) is 3.51. The molecule has 2 aliphatic rings. The Bertz CT molecular complexity index is 396. The summed E-state index contributed by atoms with van der Waals surface area (Å²) in [5.74, 6) is 0. The molecule has 98 valence electrons. The summed E-state index contributed by atoms with van der Waals surface area (Å²) in [6.07, 6.45) is 5.26. The van der Waals surface area contributed by atoms with E-state index in [2.05, 4.69) is 41.4 Å². The number of hydrogen-bond donors (Lipinski definition) is 1. The molecule has 1 fully saturated rings. The van der Waals surface area contributed by atoms with Gasteiger partial charge in [0.15, 0.2) is 0 Å². The van der Waals surface area contributed by atoms with Crippen LogP contribution in [0.4, 0.5) is 0 Å². The lowest BCUT2D eigenvalue weighted by Crippen LogP contribution is -2.40. The second-order valence-electron chi connectivity index (χ2n) is 5.58. The van der Waals surface area contributed by atoms with Crippen LogP contribution in [0.5, 0.6) is 0 Å². The quantitative estimate of drug-likeness (QED) is 0.879. The van der Waals surface area contributed by atoms with Gasteiger partial charge < -0.3 is 5.32 Å². The van der Waals surface area contributed by atoms with Gasteiger partial charge in [0.2, 0.25) is 0 Å². The van der Waals surface area contributed by atoms with Crippen LogP contribution < -0.4 is 5.32 Å². The van der Waals surface area contributed by atoms with Crippen molar-refractivity contribution in [2.24, 2.45) is 0 Å². The predicted octanol–water partition coefficient (Wildman–Crippen LogP) is 2.75. The molecule has 1 aliphatic carbocycles. The van der Waals surface area contributed by atoms with Crippen molar-refractivity contribution in [3.05, 3.63) is 35.4 Å². The summed E-state index contributed by atoms with van der Waals surface area (Å²) >= 11 is 0. The fourth-order valence-corrected chi connectivity index (χ4v) is 3.73. The highest BCUT2D eigenvalue weighted by molar-refractivity contribution is 5.32. The minimum atomic E-state index is 0.657. The first-order chi connectivity index (χ1) is 8.90. The van der Waals surface area contributed by atoms with Gasteiger partial charge in [-0.2, -0.15) is 0 Å². The summed E-state index contributed by atoms with van der Waals surface area (Å²) in [5.41, 5.74) is 3.18. The van der Waals surface area contributed by atoms with Crippen LogP contribution in [-0.4, -0.2) is 30.6 Å². The highest BCUT2D eigenvalue weighted by Gasteiger charge is 2.30. The summed E-state index contributed by atoms with van der Waals surface area (Å²) in [4.78, 5) is 2.73. The fraction of sp³-hybridized carbons (Fsp3) is 0.625. The van der Waals surface area contributed by atoms with E-state index in [1.807, 2.05) is 0 Å². The molecule has 2 nitrogen and oxygen atoms in total. The second kappa shape index (κ2) is 5.41. The average molecular weight is 244 g/mol. The number of rotatable bonds is 3. The van der Waals surface area contributed by atoms with Gasteiger partial charge in [0.05, 0.1) is 0 Å². The zero-order chi connectivity index (χ0) is 12.4. The number of aryl methyl sites for hydroxylation is 1. The van der Waals surface area contributed by atoms with Crippen molar-refractivity contribution in [2.45, 2.75) is 44.7 Å². The third-order valence-electron chi connectivity index (χ3n) is 4.61. The highest BCUT2D eigenvalue weighted by atomic mass is 15.2. The Kier molecular flexibility index (Phi) is 3.67. The van der Waals surface area contributed by atoms with Crippen LogP contribution in [0, 0.1) is 0 Å². The van der Waals surface area contributed by atoms with Gasteiger partial charge in [-0.3, -0.25) is 4.90 Å². The van der Waals surface area contributed by atoms with E-state index in [4.69, 9.17) is 0 Å². The largest absolute Gasteiger partial charge is 0.315 e. The van der Waals surface area contributed by atoms with Crippen molar-refractivity contribution in [1.82, 2.24) is 10.2 Å². The number of nitrogens with one attached hydrogen (secondary N) is 1. The molecule has 0 saturated carbocycles. The third-order valence-corrected chi connectivity index (χ3v) is 4.61. The number of nitrogens with zero attached hydrogens (tertiary/aromatic N) is 1. The van der Waals surface area contributed by atoms with E-state index >= 15 is 0 Å². The molecule has 1 heterocycles. The Morgan fingerprint density at radius 3 is 2.94 bits per heavy atom. The Hall–Kier alpha value is -0.860.